The zero-order valence-electron chi connectivity index (χ0n) is 11.7. The molecule has 0 saturated carbocycles. The molecule has 0 fully saturated rings. The number of carboxylic acid groups (broad SMARTS) is 2. The Morgan fingerprint density at radius 3 is 2.33 bits per heavy atom. The van der Waals surface area contributed by atoms with Crippen LogP contribution < -0.4 is 10.1 Å². The molecule has 0 saturated heterocycles. The summed E-state index contributed by atoms with van der Waals surface area (Å²) in [6.07, 6.45) is 0.991. The van der Waals surface area contributed by atoms with E-state index in [1.807, 2.05) is 26.1 Å². The van der Waals surface area contributed by atoms with Gasteiger partial charge in [0.05, 0.1) is 11.1 Å². The molecule has 6 nitrogen and oxygen atoms in total. The first-order valence-electron chi connectivity index (χ1n) is 5.98. The number of nitrogens with one attached hydrogen (secondary N) is 1. The highest BCUT2D eigenvalue weighted by Crippen LogP contribution is 2.32. The Morgan fingerprint density at radius 2 is 1.90 bits per heavy atom. The second-order valence-corrected chi connectivity index (χ2v) is 5.24. The fourth-order valence-electron chi connectivity index (χ4n) is 1.29. The monoisotopic (exact) mass is 381 g/mol. The molecule has 1 aromatic carbocycles. The first kappa shape index (κ1) is 19.7. The van der Waals surface area contributed by atoms with Crippen molar-refractivity contribution < 1.29 is 24.5 Å². The molecule has 0 aromatic heterocycles. The lowest BCUT2D eigenvalue weighted by Gasteiger charge is -2.11. The molecular weight excluding hydrogens is 366 g/mol. The number of benzene rings is 1. The summed E-state index contributed by atoms with van der Waals surface area (Å²) >= 11 is 9.35. The SMILES string of the molecule is CNCCCOc1c(C)cc(Cl)cc1Br.O=C(O)C(=O)O. The highest BCUT2D eigenvalue weighted by molar-refractivity contribution is 9.10. The Balaban J connectivity index is 0.000000567. The summed E-state index contributed by atoms with van der Waals surface area (Å²) in [4.78, 5) is 18.2. The molecule has 0 spiro atoms. The van der Waals surface area contributed by atoms with Crippen LogP contribution in [0.15, 0.2) is 16.6 Å². The molecule has 0 bridgehead atoms. The Hall–Kier alpha value is -1.31. The number of halogens is 2. The molecule has 8 heteroatoms. The van der Waals surface area contributed by atoms with Gasteiger partial charge in [-0.3, -0.25) is 0 Å². The van der Waals surface area contributed by atoms with Crippen LogP contribution >= 0.6 is 27.5 Å². The molecule has 0 heterocycles. The number of carboxylic acids is 2. The standard InChI is InChI=1S/C11H15BrClNO.C2H2O4/c1-8-6-9(13)7-10(12)11(8)15-5-3-4-14-2;3-1(4)2(5)6/h6-7,14H,3-5H2,1-2H3;(H,3,4)(H,5,6). The second-order valence-electron chi connectivity index (χ2n) is 3.95. The van der Waals surface area contributed by atoms with Crippen LogP contribution in [-0.2, 0) is 9.59 Å². The molecular formula is C13H17BrClNO5. The van der Waals surface area contributed by atoms with Gasteiger partial charge in [-0.05, 0) is 60.6 Å². The van der Waals surface area contributed by atoms with Crippen molar-refractivity contribution >= 4 is 39.5 Å². The van der Waals surface area contributed by atoms with Crippen molar-refractivity contribution in [2.45, 2.75) is 13.3 Å². The minimum atomic E-state index is -1.82. The van der Waals surface area contributed by atoms with E-state index in [0.717, 1.165) is 33.8 Å². The minimum absolute atomic E-state index is 0.710. The van der Waals surface area contributed by atoms with Crippen molar-refractivity contribution in [1.82, 2.24) is 5.32 Å². The van der Waals surface area contributed by atoms with Crippen molar-refractivity contribution in [2.75, 3.05) is 20.2 Å². The second kappa shape index (κ2) is 10.4. The predicted octanol–water partition coefficient (Wildman–Crippen LogP) is 2.55. The van der Waals surface area contributed by atoms with E-state index in [9.17, 15) is 0 Å². The normalized spacial score (nSPS) is 9.52. The van der Waals surface area contributed by atoms with Crippen LogP contribution in [0.2, 0.25) is 5.02 Å². The zero-order chi connectivity index (χ0) is 16.4. The van der Waals surface area contributed by atoms with Gasteiger partial charge in [-0.2, -0.15) is 0 Å². The maximum absolute atomic E-state index is 9.10. The minimum Gasteiger partial charge on any atom is -0.492 e. The van der Waals surface area contributed by atoms with Gasteiger partial charge in [0.1, 0.15) is 5.75 Å². The maximum atomic E-state index is 9.10. The summed E-state index contributed by atoms with van der Waals surface area (Å²) in [5.41, 5.74) is 1.05. The van der Waals surface area contributed by atoms with Gasteiger partial charge in [-0.1, -0.05) is 11.6 Å². The average Bonchev–Trinajstić information content (AvgIpc) is 2.37. The molecule has 0 atom stereocenters. The van der Waals surface area contributed by atoms with E-state index < -0.39 is 11.9 Å². The van der Waals surface area contributed by atoms with Crippen LogP contribution in [0.25, 0.3) is 0 Å². The molecule has 0 aliphatic rings. The van der Waals surface area contributed by atoms with Gasteiger partial charge in [0.25, 0.3) is 0 Å². The van der Waals surface area contributed by atoms with Crippen LogP contribution in [0.3, 0.4) is 0 Å². The van der Waals surface area contributed by atoms with Crippen LogP contribution in [0.5, 0.6) is 5.75 Å². The van der Waals surface area contributed by atoms with Crippen molar-refractivity contribution in [1.29, 1.82) is 0 Å². The Labute approximate surface area is 136 Å². The molecule has 0 unspecified atom stereocenters. The number of hydrogen-bond donors (Lipinski definition) is 3. The van der Waals surface area contributed by atoms with E-state index in [1.165, 1.54) is 0 Å². The fraction of sp³-hybridized carbons (Fsp3) is 0.385. The maximum Gasteiger partial charge on any atom is 0.414 e. The van der Waals surface area contributed by atoms with E-state index in [1.54, 1.807) is 0 Å². The summed E-state index contributed by atoms with van der Waals surface area (Å²) in [7, 11) is 1.93. The molecule has 1 aromatic rings. The van der Waals surface area contributed by atoms with Gasteiger partial charge in [0.15, 0.2) is 0 Å². The smallest absolute Gasteiger partial charge is 0.414 e. The topological polar surface area (TPSA) is 95.9 Å². The molecule has 0 amide bonds. The summed E-state index contributed by atoms with van der Waals surface area (Å²) in [6.45, 7) is 3.66. The largest absolute Gasteiger partial charge is 0.492 e. The highest BCUT2D eigenvalue weighted by atomic mass is 79.9. The molecule has 21 heavy (non-hydrogen) atoms. The third-order valence-electron chi connectivity index (χ3n) is 2.19. The van der Waals surface area contributed by atoms with Crippen LogP contribution in [0, 0.1) is 6.92 Å². The third kappa shape index (κ3) is 8.54. The third-order valence-corrected chi connectivity index (χ3v) is 3.00. The first-order chi connectivity index (χ1) is 9.79. The fourth-order valence-corrected chi connectivity index (χ4v) is 2.37. The summed E-state index contributed by atoms with van der Waals surface area (Å²) in [6, 6.07) is 3.75. The predicted molar refractivity (Wildman–Crippen MR) is 83.2 cm³/mol. The molecule has 0 radical (unpaired) electrons. The molecule has 0 aliphatic heterocycles. The molecule has 118 valence electrons. The molecule has 0 aliphatic carbocycles. The molecule has 1 rings (SSSR count). The van der Waals surface area contributed by atoms with E-state index >= 15 is 0 Å². The van der Waals surface area contributed by atoms with Gasteiger partial charge >= 0.3 is 11.9 Å². The van der Waals surface area contributed by atoms with Gasteiger partial charge < -0.3 is 20.3 Å². The van der Waals surface area contributed by atoms with Crippen LogP contribution in [-0.4, -0.2) is 42.4 Å². The Bertz CT molecular complexity index is 460. The summed E-state index contributed by atoms with van der Waals surface area (Å²) in [5.74, 6) is -2.76. The van der Waals surface area contributed by atoms with Gasteiger partial charge in [-0.25, -0.2) is 9.59 Å². The van der Waals surface area contributed by atoms with E-state index in [2.05, 4.69) is 21.2 Å². The van der Waals surface area contributed by atoms with Crippen LogP contribution in [0.4, 0.5) is 0 Å². The van der Waals surface area contributed by atoms with Gasteiger partial charge in [-0.15, -0.1) is 0 Å². The lowest BCUT2D eigenvalue weighted by atomic mass is 10.2. The van der Waals surface area contributed by atoms with Crippen molar-refractivity contribution in [2.24, 2.45) is 0 Å². The number of rotatable bonds is 5. The van der Waals surface area contributed by atoms with Gasteiger partial charge in [0, 0.05) is 5.02 Å². The van der Waals surface area contributed by atoms with E-state index in [-0.39, 0.29) is 0 Å². The van der Waals surface area contributed by atoms with Crippen LogP contribution in [0.1, 0.15) is 12.0 Å². The number of ether oxygens (including phenoxy) is 1. The summed E-state index contributed by atoms with van der Waals surface area (Å²) < 4.78 is 6.59. The molecule has 3 N–H and O–H groups in total. The number of aryl methyl sites for hydroxylation is 1. The Kier molecular flexibility index (Phi) is 9.77. The van der Waals surface area contributed by atoms with Crippen molar-refractivity contribution in [3.63, 3.8) is 0 Å². The van der Waals surface area contributed by atoms with E-state index in [4.69, 9.17) is 36.1 Å². The number of carbonyl (C=O) groups is 2. The van der Waals surface area contributed by atoms with Crippen molar-refractivity contribution in [3.05, 3.63) is 27.2 Å². The highest BCUT2D eigenvalue weighted by Gasteiger charge is 2.06. The average molecular weight is 383 g/mol. The number of aliphatic carboxylic acids is 2. The first-order valence-corrected chi connectivity index (χ1v) is 7.16. The number of hydrogen-bond acceptors (Lipinski definition) is 4. The lowest BCUT2D eigenvalue weighted by molar-refractivity contribution is -0.159. The zero-order valence-corrected chi connectivity index (χ0v) is 14.0. The van der Waals surface area contributed by atoms with Crippen molar-refractivity contribution in [3.8, 4) is 5.75 Å². The quantitative estimate of drug-likeness (QED) is 0.535. The lowest BCUT2D eigenvalue weighted by Crippen LogP contribution is -2.11. The van der Waals surface area contributed by atoms with E-state index in [0.29, 0.717) is 6.61 Å². The van der Waals surface area contributed by atoms with Gasteiger partial charge in [0.2, 0.25) is 0 Å². The summed E-state index contributed by atoms with van der Waals surface area (Å²) in [5, 5.41) is 18.6. The Morgan fingerprint density at radius 1 is 1.33 bits per heavy atom.